The Kier molecular flexibility index (Phi) is 4.26. The molecule has 1 aromatic rings. The second-order valence-corrected chi connectivity index (χ2v) is 4.52. The number of methoxy groups -OCH3 is 1. The van der Waals surface area contributed by atoms with Crippen LogP contribution in [0.1, 0.15) is 13.8 Å². The normalized spacial score (nSPS) is 10.9. The maximum atomic E-state index is 11.0. The molecule has 0 aromatic carbocycles. The van der Waals surface area contributed by atoms with Crippen LogP contribution in [0, 0.1) is 15.5 Å². The molecule has 8 nitrogen and oxygen atoms in total. The molecule has 1 rings (SSSR count). The van der Waals surface area contributed by atoms with Crippen molar-refractivity contribution in [3.63, 3.8) is 0 Å². The quantitative estimate of drug-likeness (QED) is 0.594. The number of hydrogen-bond donors (Lipinski definition) is 2. The summed E-state index contributed by atoms with van der Waals surface area (Å²) < 4.78 is 4.88. The zero-order valence-corrected chi connectivity index (χ0v) is 10.8. The smallest absolute Gasteiger partial charge is 0.311 e. The predicted octanol–water partition coefficient (Wildman–Crippen LogP) is 1.52. The van der Waals surface area contributed by atoms with Gasteiger partial charge >= 0.3 is 11.7 Å². The second-order valence-electron chi connectivity index (χ2n) is 4.52. The number of anilines is 1. The molecule has 0 bridgehead atoms. The molecule has 0 saturated heterocycles. The summed E-state index contributed by atoms with van der Waals surface area (Å²) in [4.78, 5) is 25.1. The Balaban J connectivity index is 2.98. The van der Waals surface area contributed by atoms with Gasteiger partial charge in [0.25, 0.3) is 0 Å². The third-order valence-electron chi connectivity index (χ3n) is 2.53. The maximum absolute atomic E-state index is 11.0. The molecular formula is C11H15N3O5. The van der Waals surface area contributed by atoms with Gasteiger partial charge in [0, 0.05) is 18.7 Å². The van der Waals surface area contributed by atoms with E-state index in [-0.39, 0.29) is 23.9 Å². The van der Waals surface area contributed by atoms with E-state index in [1.165, 1.54) is 33.1 Å². The SMILES string of the molecule is COc1ccc([N+](=O)[O-])c(NCC(C)(C)C(=O)O)n1. The molecule has 2 N–H and O–H groups in total. The Labute approximate surface area is 109 Å². The number of ether oxygens (including phenoxy) is 1. The van der Waals surface area contributed by atoms with Gasteiger partial charge in [0.15, 0.2) is 0 Å². The van der Waals surface area contributed by atoms with Gasteiger partial charge in [0.05, 0.1) is 17.4 Å². The van der Waals surface area contributed by atoms with Gasteiger partial charge in [-0.3, -0.25) is 14.9 Å². The first kappa shape index (κ1) is 14.7. The monoisotopic (exact) mass is 269 g/mol. The van der Waals surface area contributed by atoms with Gasteiger partial charge in [0.2, 0.25) is 11.7 Å². The summed E-state index contributed by atoms with van der Waals surface area (Å²) >= 11 is 0. The summed E-state index contributed by atoms with van der Waals surface area (Å²) in [6.07, 6.45) is 0. The molecule has 1 heterocycles. The first-order valence-electron chi connectivity index (χ1n) is 5.44. The number of pyridine rings is 1. The molecule has 0 spiro atoms. The second kappa shape index (κ2) is 5.51. The molecule has 8 heteroatoms. The van der Waals surface area contributed by atoms with Crippen LogP contribution >= 0.6 is 0 Å². The van der Waals surface area contributed by atoms with Crippen molar-refractivity contribution in [2.24, 2.45) is 5.41 Å². The number of nitro groups is 1. The van der Waals surface area contributed by atoms with Crippen molar-refractivity contribution in [1.29, 1.82) is 0 Å². The lowest BCUT2D eigenvalue weighted by Crippen LogP contribution is -2.32. The number of carbonyl (C=O) groups is 1. The van der Waals surface area contributed by atoms with E-state index in [2.05, 4.69) is 10.3 Å². The number of aromatic nitrogens is 1. The minimum absolute atomic E-state index is 0.00331. The van der Waals surface area contributed by atoms with E-state index in [1.54, 1.807) is 0 Å². The average molecular weight is 269 g/mol. The van der Waals surface area contributed by atoms with Crippen molar-refractivity contribution in [3.05, 3.63) is 22.2 Å². The van der Waals surface area contributed by atoms with E-state index >= 15 is 0 Å². The van der Waals surface area contributed by atoms with Gasteiger partial charge in [-0.05, 0) is 13.8 Å². The van der Waals surface area contributed by atoms with Crippen molar-refractivity contribution in [1.82, 2.24) is 4.98 Å². The highest BCUT2D eigenvalue weighted by Gasteiger charge is 2.28. The highest BCUT2D eigenvalue weighted by molar-refractivity contribution is 5.74. The molecule has 0 aliphatic carbocycles. The highest BCUT2D eigenvalue weighted by atomic mass is 16.6. The summed E-state index contributed by atoms with van der Waals surface area (Å²) in [5.41, 5.74) is -1.31. The van der Waals surface area contributed by atoms with Crippen molar-refractivity contribution < 1.29 is 19.6 Å². The summed E-state index contributed by atoms with van der Waals surface area (Å²) in [5, 5.41) is 22.5. The van der Waals surface area contributed by atoms with Gasteiger partial charge < -0.3 is 15.2 Å². The van der Waals surface area contributed by atoms with Crippen LogP contribution < -0.4 is 10.1 Å². The molecule has 0 fully saturated rings. The summed E-state index contributed by atoms with van der Waals surface area (Å²) in [5.74, 6) is -0.814. The number of carboxylic acids is 1. The predicted molar refractivity (Wildman–Crippen MR) is 67.3 cm³/mol. The topological polar surface area (TPSA) is 115 Å². The highest BCUT2D eigenvalue weighted by Crippen LogP contribution is 2.26. The van der Waals surface area contributed by atoms with Gasteiger partial charge in [-0.2, -0.15) is 4.98 Å². The molecule has 0 radical (unpaired) electrons. The molecule has 0 unspecified atom stereocenters. The Bertz CT molecular complexity index is 501. The number of nitrogens with zero attached hydrogens (tertiary/aromatic N) is 2. The van der Waals surface area contributed by atoms with Gasteiger partial charge in [-0.25, -0.2) is 0 Å². The van der Waals surface area contributed by atoms with E-state index in [1.807, 2.05) is 0 Å². The van der Waals surface area contributed by atoms with E-state index in [0.717, 1.165) is 0 Å². The van der Waals surface area contributed by atoms with Crippen LogP contribution in [0.3, 0.4) is 0 Å². The van der Waals surface area contributed by atoms with E-state index < -0.39 is 16.3 Å². The van der Waals surface area contributed by atoms with Crippen molar-refractivity contribution in [2.45, 2.75) is 13.8 Å². The largest absolute Gasteiger partial charge is 0.481 e. The molecule has 0 aliphatic rings. The fraction of sp³-hybridized carbons (Fsp3) is 0.455. The van der Waals surface area contributed by atoms with Crippen LogP contribution in [0.2, 0.25) is 0 Å². The Morgan fingerprint density at radius 3 is 2.68 bits per heavy atom. The first-order chi connectivity index (χ1) is 8.77. The summed E-state index contributed by atoms with van der Waals surface area (Å²) in [6, 6.07) is 2.62. The number of aliphatic carboxylic acids is 1. The van der Waals surface area contributed by atoms with Crippen LogP contribution in [-0.2, 0) is 4.79 Å². The molecular weight excluding hydrogens is 254 g/mol. The van der Waals surface area contributed by atoms with Crippen LogP contribution in [0.25, 0.3) is 0 Å². The Hall–Kier alpha value is -2.38. The van der Waals surface area contributed by atoms with E-state index in [4.69, 9.17) is 9.84 Å². The molecule has 0 aliphatic heterocycles. The third kappa shape index (κ3) is 3.54. The maximum Gasteiger partial charge on any atom is 0.311 e. The van der Waals surface area contributed by atoms with Crippen molar-refractivity contribution in [2.75, 3.05) is 19.0 Å². The Morgan fingerprint density at radius 2 is 2.21 bits per heavy atom. The molecule has 1 aromatic heterocycles. The van der Waals surface area contributed by atoms with Crippen molar-refractivity contribution in [3.8, 4) is 5.88 Å². The van der Waals surface area contributed by atoms with Crippen LogP contribution in [0.4, 0.5) is 11.5 Å². The van der Waals surface area contributed by atoms with E-state index in [0.29, 0.717) is 0 Å². The van der Waals surface area contributed by atoms with Crippen molar-refractivity contribution >= 4 is 17.5 Å². The minimum Gasteiger partial charge on any atom is -0.481 e. The minimum atomic E-state index is -1.07. The number of carboxylic acid groups (broad SMARTS) is 1. The fourth-order valence-electron chi connectivity index (χ4n) is 1.21. The zero-order valence-electron chi connectivity index (χ0n) is 10.8. The summed E-state index contributed by atoms with van der Waals surface area (Å²) in [6.45, 7) is 3.02. The number of rotatable bonds is 6. The fourth-order valence-corrected chi connectivity index (χ4v) is 1.21. The van der Waals surface area contributed by atoms with Crippen LogP contribution in [0.15, 0.2) is 12.1 Å². The lowest BCUT2D eigenvalue weighted by Gasteiger charge is -2.19. The molecule has 0 saturated carbocycles. The zero-order chi connectivity index (χ0) is 14.6. The molecule has 0 atom stereocenters. The lowest BCUT2D eigenvalue weighted by atomic mass is 9.94. The van der Waals surface area contributed by atoms with Crippen LogP contribution in [0.5, 0.6) is 5.88 Å². The lowest BCUT2D eigenvalue weighted by molar-refractivity contribution is -0.384. The molecule has 0 amide bonds. The molecule has 104 valence electrons. The number of hydrogen-bond acceptors (Lipinski definition) is 6. The first-order valence-corrected chi connectivity index (χ1v) is 5.44. The van der Waals surface area contributed by atoms with Crippen LogP contribution in [-0.4, -0.2) is 34.6 Å². The Morgan fingerprint density at radius 1 is 1.58 bits per heavy atom. The van der Waals surface area contributed by atoms with Gasteiger partial charge in [0.1, 0.15) is 0 Å². The molecule has 19 heavy (non-hydrogen) atoms. The third-order valence-corrected chi connectivity index (χ3v) is 2.53. The standard InChI is InChI=1S/C11H15N3O5/c1-11(2,10(15)16)6-12-9-7(14(17)18)4-5-8(13-9)19-3/h4-5H,6H2,1-3H3,(H,12,13)(H,15,16). The average Bonchev–Trinajstić information content (AvgIpc) is 2.35. The number of nitrogens with one attached hydrogen (secondary N) is 1. The van der Waals surface area contributed by atoms with Gasteiger partial charge in [-0.15, -0.1) is 0 Å². The van der Waals surface area contributed by atoms with Gasteiger partial charge in [-0.1, -0.05) is 0 Å². The van der Waals surface area contributed by atoms with E-state index in [9.17, 15) is 14.9 Å². The summed E-state index contributed by atoms with van der Waals surface area (Å²) in [7, 11) is 1.39.